The van der Waals surface area contributed by atoms with Gasteiger partial charge >= 0.3 is 6.03 Å². The summed E-state index contributed by atoms with van der Waals surface area (Å²) in [5.41, 5.74) is 3.17. The van der Waals surface area contributed by atoms with Gasteiger partial charge in [-0.1, -0.05) is 12.1 Å². The summed E-state index contributed by atoms with van der Waals surface area (Å²) in [7, 11) is 0. The van der Waals surface area contributed by atoms with E-state index in [1.54, 1.807) is 24.8 Å². The molecule has 2 heterocycles. The van der Waals surface area contributed by atoms with Crippen molar-refractivity contribution in [3.05, 3.63) is 77.8 Å². The minimum absolute atomic E-state index is 0.143. The fourth-order valence-electron chi connectivity index (χ4n) is 4.03. The first-order valence-corrected chi connectivity index (χ1v) is 8.95. The van der Waals surface area contributed by atoms with Gasteiger partial charge in [0, 0.05) is 37.1 Å². The third-order valence-electron chi connectivity index (χ3n) is 5.42. The van der Waals surface area contributed by atoms with Gasteiger partial charge in [0.2, 0.25) is 0 Å². The van der Waals surface area contributed by atoms with Gasteiger partial charge in [-0.05, 0) is 47.2 Å². The van der Waals surface area contributed by atoms with E-state index in [9.17, 15) is 9.18 Å². The molecule has 0 spiro atoms. The first-order chi connectivity index (χ1) is 13.2. The number of fused-ring (bicyclic) bond motifs is 3. The standard InChI is InChI=1S/C20H18FN5O/c21-14-2-3-15-13(7-14)8-16-18(15)19(16)25-20(27)24-10-12-1-4-17(23-9-12)26-6-5-22-11-26/h1-7,9,11,16,18-19H,8,10H2,(H2,24,25,27). The third kappa shape index (κ3) is 2.95. The highest BCUT2D eigenvalue weighted by Gasteiger charge is 2.56. The predicted molar refractivity (Wildman–Crippen MR) is 96.9 cm³/mol. The summed E-state index contributed by atoms with van der Waals surface area (Å²) in [6, 6.07) is 8.73. The number of halogens is 1. The topological polar surface area (TPSA) is 71.8 Å². The third-order valence-corrected chi connectivity index (χ3v) is 5.42. The van der Waals surface area contributed by atoms with Crippen LogP contribution in [0.5, 0.6) is 0 Å². The second-order valence-electron chi connectivity index (χ2n) is 7.08. The molecule has 2 N–H and O–H groups in total. The van der Waals surface area contributed by atoms with Crippen LogP contribution in [-0.2, 0) is 13.0 Å². The van der Waals surface area contributed by atoms with E-state index >= 15 is 0 Å². The van der Waals surface area contributed by atoms with Crippen LogP contribution in [0.3, 0.4) is 0 Å². The van der Waals surface area contributed by atoms with Crippen LogP contribution < -0.4 is 10.6 Å². The van der Waals surface area contributed by atoms with Crippen molar-refractivity contribution in [2.24, 2.45) is 5.92 Å². The highest BCUT2D eigenvalue weighted by molar-refractivity contribution is 5.75. The molecule has 5 rings (SSSR count). The maximum absolute atomic E-state index is 13.3. The van der Waals surface area contributed by atoms with Crippen LogP contribution in [-0.4, -0.2) is 26.6 Å². The molecule has 7 heteroatoms. The van der Waals surface area contributed by atoms with Crippen LogP contribution in [0.15, 0.2) is 55.2 Å². The molecule has 136 valence electrons. The number of amides is 2. The average molecular weight is 363 g/mol. The number of carbonyl (C=O) groups is 1. The first kappa shape index (κ1) is 16.0. The van der Waals surface area contributed by atoms with E-state index in [1.807, 2.05) is 29.0 Å². The zero-order valence-corrected chi connectivity index (χ0v) is 14.5. The van der Waals surface area contributed by atoms with E-state index in [2.05, 4.69) is 20.6 Å². The smallest absolute Gasteiger partial charge is 0.315 e. The van der Waals surface area contributed by atoms with Crippen molar-refractivity contribution in [1.29, 1.82) is 0 Å². The lowest BCUT2D eigenvalue weighted by molar-refractivity contribution is 0.239. The largest absolute Gasteiger partial charge is 0.334 e. The number of imidazole rings is 1. The van der Waals surface area contributed by atoms with E-state index in [-0.39, 0.29) is 17.9 Å². The van der Waals surface area contributed by atoms with Gasteiger partial charge in [0.05, 0.1) is 0 Å². The molecule has 3 aromatic rings. The Morgan fingerprint density at radius 1 is 1.30 bits per heavy atom. The Morgan fingerprint density at radius 3 is 3.00 bits per heavy atom. The maximum atomic E-state index is 13.3. The van der Waals surface area contributed by atoms with Crippen LogP contribution in [0.1, 0.15) is 22.6 Å². The van der Waals surface area contributed by atoms with Crippen molar-refractivity contribution in [2.45, 2.75) is 24.9 Å². The number of pyridine rings is 1. The monoisotopic (exact) mass is 363 g/mol. The van der Waals surface area contributed by atoms with Gasteiger partial charge in [-0.2, -0.15) is 0 Å². The maximum Gasteiger partial charge on any atom is 0.315 e. The lowest BCUT2D eigenvalue weighted by Gasteiger charge is -2.11. The van der Waals surface area contributed by atoms with Crippen LogP contribution in [0.2, 0.25) is 0 Å². The van der Waals surface area contributed by atoms with Crippen molar-refractivity contribution in [2.75, 3.05) is 0 Å². The molecule has 3 atom stereocenters. The molecule has 0 aliphatic heterocycles. The summed E-state index contributed by atoms with van der Waals surface area (Å²) < 4.78 is 15.1. The predicted octanol–water partition coefficient (Wildman–Crippen LogP) is 2.54. The minimum Gasteiger partial charge on any atom is -0.334 e. The van der Waals surface area contributed by atoms with Gasteiger partial charge in [-0.3, -0.25) is 4.57 Å². The lowest BCUT2D eigenvalue weighted by Crippen LogP contribution is -2.38. The van der Waals surface area contributed by atoms with Gasteiger partial charge < -0.3 is 10.6 Å². The van der Waals surface area contributed by atoms with Crippen LogP contribution in [0, 0.1) is 11.7 Å². The number of benzene rings is 1. The summed E-state index contributed by atoms with van der Waals surface area (Å²) >= 11 is 0. The van der Waals surface area contributed by atoms with Crippen LogP contribution >= 0.6 is 0 Å². The zero-order valence-electron chi connectivity index (χ0n) is 14.5. The van der Waals surface area contributed by atoms with E-state index in [1.165, 1.54) is 11.6 Å². The molecule has 2 aromatic heterocycles. The van der Waals surface area contributed by atoms with Gasteiger partial charge in [-0.25, -0.2) is 19.2 Å². The SMILES string of the molecule is O=C(NCc1ccc(-n2ccnc2)nc1)NC1C2Cc3cc(F)ccc3C21. The normalized spacial score (nSPS) is 22.0. The molecule has 3 unspecified atom stereocenters. The molecular weight excluding hydrogens is 345 g/mol. The van der Waals surface area contributed by atoms with Gasteiger partial charge in [-0.15, -0.1) is 0 Å². The van der Waals surface area contributed by atoms with Crippen molar-refractivity contribution in [1.82, 2.24) is 25.2 Å². The molecule has 1 aromatic carbocycles. The second-order valence-corrected chi connectivity index (χ2v) is 7.08. The summed E-state index contributed by atoms with van der Waals surface area (Å²) in [6.45, 7) is 0.410. The molecule has 0 bridgehead atoms. The molecule has 0 saturated heterocycles. The number of hydrogen-bond acceptors (Lipinski definition) is 3. The Morgan fingerprint density at radius 2 is 2.22 bits per heavy atom. The number of rotatable bonds is 4. The molecule has 6 nitrogen and oxygen atoms in total. The van der Waals surface area contributed by atoms with Crippen LogP contribution in [0.4, 0.5) is 9.18 Å². The Labute approximate surface area is 155 Å². The summed E-state index contributed by atoms with van der Waals surface area (Å²) in [6.07, 6.45) is 7.79. The van der Waals surface area contributed by atoms with Gasteiger partial charge in [0.15, 0.2) is 0 Å². The van der Waals surface area contributed by atoms with Gasteiger partial charge in [0.1, 0.15) is 18.0 Å². The summed E-state index contributed by atoms with van der Waals surface area (Å²) in [4.78, 5) is 20.6. The zero-order chi connectivity index (χ0) is 18.4. The lowest BCUT2D eigenvalue weighted by atomic mass is 10.0. The van der Waals surface area contributed by atoms with Crippen molar-refractivity contribution in [3.63, 3.8) is 0 Å². The minimum atomic E-state index is -0.190. The highest BCUT2D eigenvalue weighted by Crippen LogP contribution is 2.56. The summed E-state index contributed by atoms with van der Waals surface area (Å²) in [5.74, 6) is 1.30. The molecule has 1 fully saturated rings. The molecule has 2 aliphatic rings. The Balaban J connectivity index is 1.14. The average Bonchev–Trinajstić information content (AvgIpc) is 3.08. The molecule has 2 aliphatic carbocycles. The number of urea groups is 1. The number of nitrogens with one attached hydrogen (secondary N) is 2. The quantitative estimate of drug-likeness (QED) is 0.748. The number of carbonyl (C=O) groups excluding carboxylic acids is 1. The number of hydrogen-bond donors (Lipinski definition) is 2. The molecule has 1 saturated carbocycles. The van der Waals surface area contributed by atoms with E-state index in [0.717, 1.165) is 23.4 Å². The van der Waals surface area contributed by atoms with Gasteiger partial charge in [0.25, 0.3) is 0 Å². The van der Waals surface area contributed by atoms with Crippen molar-refractivity contribution in [3.8, 4) is 5.82 Å². The van der Waals surface area contributed by atoms with E-state index in [4.69, 9.17) is 0 Å². The Kier molecular flexibility index (Phi) is 3.67. The highest BCUT2D eigenvalue weighted by atomic mass is 19.1. The molecule has 2 amide bonds. The Hall–Kier alpha value is -3.22. The number of aromatic nitrogens is 3. The second kappa shape index (κ2) is 6.19. The molecule has 0 radical (unpaired) electrons. The molecule has 27 heavy (non-hydrogen) atoms. The molecular formula is C20H18FN5O. The van der Waals surface area contributed by atoms with Crippen molar-refractivity contribution >= 4 is 6.03 Å². The Bertz CT molecular complexity index is 986. The number of nitrogens with zero attached hydrogens (tertiary/aromatic N) is 3. The summed E-state index contributed by atoms with van der Waals surface area (Å²) in [5, 5.41) is 5.92. The first-order valence-electron chi connectivity index (χ1n) is 8.95. The van der Waals surface area contributed by atoms with Crippen LogP contribution in [0.25, 0.3) is 5.82 Å². The van der Waals surface area contributed by atoms with E-state index < -0.39 is 0 Å². The van der Waals surface area contributed by atoms with Crippen molar-refractivity contribution < 1.29 is 9.18 Å². The fraction of sp³-hybridized carbons (Fsp3) is 0.250. The fourth-order valence-corrected chi connectivity index (χ4v) is 4.03. The van der Waals surface area contributed by atoms with E-state index in [0.29, 0.717) is 18.4 Å².